The summed E-state index contributed by atoms with van der Waals surface area (Å²) in [5.74, 6) is -1.32. The molecule has 16 heavy (non-hydrogen) atoms. The lowest BCUT2D eigenvalue weighted by Crippen LogP contribution is -2.99. The Kier molecular flexibility index (Phi) is 3.93. The molecule has 7 nitrogen and oxygen atoms in total. The van der Waals surface area contributed by atoms with Gasteiger partial charge in [0.25, 0.3) is 0 Å². The van der Waals surface area contributed by atoms with Crippen LogP contribution in [0.4, 0.5) is 5.69 Å². The Balaban J connectivity index is 2.85. The molecule has 0 heterocycles. The molecule has 0 amide bonds. The molecule has 0 radical (unpaired) electrons. The van der Waals surface area contributed by atoms with Crippen LogP contribution in [0.25, 0.3) is 0 Å². The number of quaternary nitrogens is 1. The van der Waals surface area contributed by atoms with Crippen LogP contribution >= 0.6 is 0 Å². The standard InChI is InChI=1S/C9H12N2O5/c10-7(9(13)14)8(12)5-1-3-6(4-2-5)11(15)16/h1-4,7-8,11-12,15H,10H2,(H,13,14). The van der Waals surface area contributed by atoms with Gasteiger partial charge >= 0.3 is 5.97 Å². The number of carbonyl (C=O) groups is 1. The average Bonchev–Trinajstić information content (AvgIpc) is 2.27. The highest BCUT2D eigenvalue weighted by Gasteiger charge is 2.23. The van der Waals surface area contributed by atoms with Gasteiger partial charge in [0.15, 0.2) is 5.69 Å². The fourth-order valence-electron chi connectivity index (χ4n) is 1.17. The summed E-state index contributed by atoms with van der Waals surface area (Å²) in [7, 11) is 0. The topological polar surface area (TPSA) is 131 Å². The highest BCUT2D eigenvalue weighted by atomic mass is 16.8. The van der Waals surface area contributed by atoms with E-state index in [1.165, 1.54) is 24.3 Å². The molecule has 0 saturated carbocycles. The van der Waals surface area contributed by atoms with Gasteiger partial charge in [-0.05, 0) is 5.56 Å². The maximum Gasteiger partial charge on any atom is 0.323 e. The van der Waals surface area contributed by atoms with Crippen LogP contribution in [-0.4, -0.2) is 27.4 Å². The molecule has 1 rings (SSSR count). The number of aliphatic carboxylic acids is 1. The first-order valence-electron chi connectivity index (χ1n) is 4.43. The summed E-state index contributed by atoms with van der Waals surface area (Å²) in [4.78, 5) is 10.5. The molecule has 0 bridgehead atoms. The molecule has 0 aliphatic rings. The zero-order valence-corrected chi connectivity index (χ0v) is 8.20. The lowest BCUT2D eigenvalue weighted by molar-refractivity contribution is -0.991. The first-order valence-corrected chi connectivity index (χ1v) is 4.43. The van der Waals surface area contributed by atoms with Crippen molar-refractivity contribution in [1.29, 1.82) is 0 Å². The largest absolute Gasteiger partial charge is 0.595 e. The van der Waals surface area contributed by atoms with Gasteiger partial charge in [-0.1, -0.05) is 12.1 Å². The van der Waals surface area contributed by atoms with Crippen molar-refractivity contribution in [2.75, 3.05) is 0 Å². The molecular formula is C9H12N2O5. The van der Waals surface area contributed by atoms with Gasteiger partial charge < -0.3 is 21.2 Å². The minimum Gasteiger partial charge on any atom is -0.595 e. The lowest BCUT2D eigenvalue weighted by Gasteiger charge is -2.16. The van der Waals surface area contributed by atoms with Crippen molar-refractivity contribution < 1.29 is 25.4 Å². The van der Waals surface area contributed by atoms with E-state index in [0.29, 0.717) is 0 Å². The van der Waals surface area contributed by atoms with Crippen molar-refractivity contribution >= 4 is 11.7 Å². The SMILES string of the molecule is NC(C(=O)O)C(O)c1ccc([NH+]([O-])O)cc1. The number of nitrogens with two attached hydrogens (primary N) is 1. The van der Waals surface area contributed by atoms with E-state index in [2.05, 4.69) is 0 Å². The van der Waals surface area contributed by atoms with Gasteiger partial charge in [0.1, 0.15) is 12.1 Å². The molecule has 7 heteroatoms. The van der Waals surface area contributed by atoms with Gasteiger partial charge in [0, 0.05) is 12.1 Å². The number of rotatable bonds is 4. The van der Waals surface area contributed by atoms with Crippen molar-refractivity contribution in [1.82, 2.24) is 0 Å². The summed E-state index contributed by atoms with van der Waals surface area (Å²) in [5.41, 5.74) is 5.54. The average molecular weight is 228 g/mol. The second kappa shape index (κ2) is 5.01. The van der Waals surface area contributed by atoms with Gasteiger partial charge in [0.05, 0.1) is 0 Å². The molecule has 0 spiro atoms. The Morgan fingerprint density at radius 2 is 1.88 bits per heavy atom. The Hall–Kier alpha value is -1.51. The zero-order chi connectivity index (χ0) is 12.3. The van der Waals surface area contributed by atoms with Crippen LogP contribution in [0.5, 0.6) is 0 Å². The Morgan fingerprint density at radius 1 is 1.38 bits per heavy atom. The van der Waals surface area contributed by atoms with Crippen molar-refractivity contribution in [2.24, 2.45) is 5.73 Å². The van der Waals surface area contributed by atoms with E-state index in [4.69, 9.17) is 16.0 Å². The number of benzene rings is 1. The third-order valence-corrected chi connectivity index (χ3v) is 2.12. The smallest absolute Gasteiger partial charge is 0.323 e. The van der Waals surface area contributed by atoms with Crippen molar-refractivity contribution in [3.63, 3.8) is 0 Å². The molecule has 0 saturated heterocycles. The Labute approximate surface area is 90.9 Å². The first-order chi connectivity index (χ1) is 7.43. The van der Waals surface area contributed by atoms with Crippen LogP contribution in [0.2, 0.25) is 0 Å². The molecule has 0 aliphatic carbocycles. The van der Waals surface area contributed by atoms with E-state index < -0.39 is 23.3 Å². The number of aliphatic hydroxyl groups excluding tert-OH is 1. The van der Waals surface area contributed by atoms with E-state index >= 15 is 0 Å². The Bertz CT molecular complexity index is 365. The molecule has 0 aliphatic heterocycles. The third kappa shape index (κ3) is 2.75. The number of nitrogens with one attached hydrogen (secondary N) is 1. The van der Waals surface area contributed by atoms with Crippen LogP contribution in [0, 0.1) is 5.21 Å². The molecule has 3 atom stereocenters. The molecular weight excluding hydrogens is 216 g/mol. The van der Waals surface area contributed by atoms with E-state index in [0.717, 1.165) is 0 Å². The minimum absolute atomic E-state index is 0.0554. The maximum absolute atomic E-state index is 10.5. The van der Waals surface area contributed by atoms with Gasteiger partial charge in [-0.15, -0.1) is 0 Å². The predicted octanol–water partition coefficient (Wildman–Crippen LogP) is -1.46. The number of carboxylic acids is 1. The first kappa shape index (κ1) is 12.6. The molecule has 88 valence electrons. The number of carboxylic acid groups (broad SMARTS) is 1. The van der Waals surface area contributed by atoms with E-state index in [-0.39, 0.29) is 11.3 Å². The van der Waals surface area contributed by atoms with Gasteiger partial charge in [-0.3, -0.25) is 4.79 Å². The summed E-state index contributed by atoms with van der Waals surface area (Å²) in [6.45, 7) is 0. The predicted molar refractivity (Wildman–Crippen MR) is 52.8 cm³/mol. The van der Waals surface area contributed by atoms with Crippen LogP contribution in [0.3, 0.4) is 0 Å². The molecule has 1 aromatic rings. The third-order valence-electron chi connectivity index (χ3n) is 2.12. The second-order valence-corrected chi connectivity index (χ2v) is 3.24. The molecule has 6 N–H and O–H groups in total. The molecule has 1 aromatic carbocycles. The quantitative estimate of drug-likeness (QED) is 0.400. The summed E-state index contributed by atoms with van der Waals surface area (Å²) in [6.07, 6.45) is -1.36. The maximum atomic E-state index is 10.5. The minimum atomic E-state index is -1.43. The summed E-state index contributed by atoms with van der Waals surface area (Å²) in [6, 6.07) is 3.77. The Morgan fingerprint density at radius 3 is 2.25 bits per heavy atom. The van der Waals surface area contributed by atoms with Crippen LogP contribution < -0.4 is 11.0 Å². The van der Waals surface area contributed by atoms with E-state index in [9.17, 15) is 15.1 Å². The normalized spacial score (nSPS) is 16.5. The van der Waals surface area contributed by atoms with Crippen LogP contribution in [0.1, 0.15) is 11.7 Å². The fourth-order valence-corrected chi connectivity index (χ4v) is 1.17. The summed E-state index contributed by atoms with van der Waals surface area (Å²) < 4.78 is 0. The van der Waals surface area contributed by atoms with Crippen LogP contribution in [-0.2, 0) is 4.79 Å². The number of aliphatic hydroxyl groups is 1. The number of hydrogen-bond donors (Lipinski definition) is 5. The fraction of sp³-hybridized carbons (Fsp3) is 0.222. The van der Waals surface area contributed by atoms with Crippen molar-refractivity contribution in [2.45, 2.75) is 12.1 Å². The molecule has 0 fully saturated rings. The highest BCUT2D eigenvalue weighted by Crippen LogP contribution is 2.17. The van der Waals surface area contributed by atoms with E-state index in [1.54, 1.807) is 0 Å². The zero-order valence-electron chi connectivity index (χ0n) is 8.20. The monoisotopic (exact) mass is 228 g/mol. The highest BCUT2D eigenvalue weighted by molar-refractivity contribution is 5.74. The summed E-state index contributed by atoms with van der Waals surface area (Å²) in [5, 5.41) is 36.2. The second-order valence-electron chi connectivity index (χ2n) is 3.24. The summed E-state index contributed by atoms with van der Waals surface area (Å²) >= 11 is 0. The number of hydrogen-bond acceptors (Lipinski definition) is 5. The van der Waals surface area contributed by atoms with Gasteiger partial charge in [-0.25, -0.2) is 5.21 Å². The van der Waals surface area contributed by atoms with Gasteiger partial charge in [0.2, 0.25) is 0 Å². The van der Waals surface area contributed by atoms with Crippen molar-refractivity contribution in [3.05, 3.63) is 35.0 Å². The molecule has 0 aromatic heterocycles. The van der Waals surface area contributed by atoms with E-state index in [1.807, 2.05) is 0 Å². The van der Waals surface area contributed by atoms with Crippen LogP contribution in [0.15, 0.2) is 24.3 Å². The molecule has 3 unspecified atom stereocenters. The lowest BCUT2D eigenvalue weighted by atomic mass is 10.0. The van der Waals surface area contributed by atoms with Crippen molar-refractivity contribution in [3.8, 4) is 0 Å². The van der Waals surface area contributed by atoms with Gasteiger partial charge in [-0.2, -0.15) is 5.23 Å².